The minimum absolute atomic E-state index is 0.269. The zero-order valence-electron chi connectivity index (χ0n) is 16.5. The van der Waals surface area contributed by atoms with Crippen molar-refractivity contribution in [3.05, 3.63) is 107 Å². The van der Waals surface area contributed by atoms with Gasteiger partial charge in [-0.1, -0.05) is 58.9 Å². The smallest absolute Gasteiger partial charge is 0.343 e. The Labute approximate surface area is 188 Å². The Bertz CT molecular complexity index is 1110. The largest absolute Gasteiger partial charge is 0.489 e. The molecular weight excluding hydrogens is 460 g/mol. The number of carbonyl (C=O) groups excluding carboxylic acids is 2. The van der Waals surface area contributed by atoms with Gasteiger partial charge in [-0.15, -0.1) is 0 Å². The molecule has 0 bridgehead atoms. The summed E-state index contributed by atoms with van der Waals surface area (Å²) in [5.41, 5.74) is 3.75. The number of nitrogens with one attached hydrogen (secondary N) is 1. The first-order valence-corrected chi connectivity index (χ1v) is 10.1. The second-order valence-electron chi connectivity index (χ2n) is 6.23. The Kier molecular flexibility index (Phi) is 7.73. The van der Waals surface area contributed by atoms with Gasteiger partial charge in [-0.25, -0.2) is 10.2 Å². The molecule has 3 rings (SSSR count). The molecule has 0 aromatic heterocycles. The SMILES string of the molecule is C=CCOc1ccc(Br)cc1C(=O)NN=Cc1ccccc1OC(=O)c1ccccc1. The lowest BCUT2D eigenvalue weighted by atomic mass is 10.2. The molecule has 0 fully saturated rings. The van der Waals surface area contributed by atoms with Gasteiger partial charge in [-0.05, 0) is 42.5 Å². The van der Waals surface area contributed by atoms with Crippen LogP contribution in [0, 0.1) is 0 Å². The molecule has 1 N–H and O–H groups in total. The highest BCUT2D eigenvalue weighted by Crippen LogP contribution is 2.23. The Balaban J connectivity index is 1.72. The van der Waals surface area contributed by atoms with Crippen molar-refractivity contribution in [1.29, 1.82) is 0 Å². The topological polar surface area (TPSA) is 77.0 Å². The van der Waals surface area contributed by atoms with Crippen molar-refractivity contribution in [2.75, 3.05) is 6.61 Å². The number of esters is 1. The van der Waals surface area contributed by atoms with E-state index < -0.39 is 11.9 Å². The summed E-state index contributed by atoms with van der Waals surface area (Å²) < 4.78 is 11.7. The lowest BCUT2D eigenvalue weighted by molar-refractivity contribution is 0.0734. The quantitative estimate of drug-likeness (QED) is 0.162. The Hall–Kier alpha value is -3.71. The molecule has 0 aliphatic heterocycles. The van der Waals surface area contributed by atoms with E-state index in [0.717, 1.165) is 4.47 Å². The summed E-state index contributed by atoms with van der Waals surface area (Å²) in [6.07, 6.45) is 3.00. The monoisotopic (exact) mass is 478 g/mol. The number of benzene rings is 3. The summed E-state index contributed by atoms with van der Waals surface area (Å²) in [4.78, 5) is 24.9. The summed E-state index contributed by atoms with van der Waals surface area (Å²) in [7, 11) is 0. The fraction of sp³-hybridized carbons (Fsp3) is 0.0417. The highest BCUT2D eigenvalue weighted by molar-refractivity contribution is 9.10. The minimum atomic E-state index is -0.483. The maximum absolute atomic E-state index is 12.6. The Morgan fingerprint density at radius 1 is 1.00 bits per heavy atom. The van der Waals surface area contributed by atoms with Crippen molar-refractivity contribution < 1.29 is 19.1 Å². The van der Waals surface area contributed by atoms with Crippen molar-refractivity contribution in [2.24, 2.45) is 5.10 Å². The molecule has 1 amide bonds. The van der Waals surface area contributed by atoms with Crippen LogP contribution in [0.3, 0.4) is 0 Å². The molecule has 0 saturated heterocycles. The molecule has 156 valence electrons. The predicted octanol–water partition coefficient (Wildman–Crippen LogP) is 5.00. The van der Waals surface area contributed by atoms with E-state index >= 15 is 0 Å². The number of para-hydroxylation sites is 1. The van der Waals surface area contributed by atoms with Crippen LogP contribution in [-0.2, 0) is 0 Å². The first-order valence-electron chi connectivity index (χ1n) is 9.31. The molecule has 0 heterocycles. The van der Waals surface area contributed by atoms with Gasteiger partial charge in [0.25, 0.3) is 5.91 Å². The summed E-state index contributed by atoms with van der Waals surface area (Å²) in [6.45, 7) is 3.87. The normalized spacial score (nSPS) is 10.5. The van der Waals surface area contributed by atoms with Crippen LogP contribution in [0.1, 0.15) is 26.3 Å². The lowest BCUT2D eigenvalue weighted by Crippen LogP contribution is -2.19. The molecule has 0 unspecified atom stereocenters. The molecular formula is C24H19BrN2O4. The van der Waals surface area contributed by atoms with Gasteiger partial charge in [0.1, 0.15) is 18.1 Å². The van der Waals surface area contributed by atoms with Crippen molar-refractivity contribution in [1.82, 2.24) is 5.43 Å². The number of carbonyl (C=O) groups is 2. The van der Waals surface area contributed by atoms with Gasteiger partial charge in [-0.3, -0.25) is 4.79 Å². The number of hydrazone groups is 1. The zero-order valence-corrected chi connectivity index (χ0v) is 18.0. The van der Waals surface area contributed by atoms with E-state index in [0.29, 0.717) is 28.2 Å². The summed E-state index contributed by atoms with van der Waals surface area (Å²) >= 11 is 3.35. The van der Waals surface area contributed by atoms with Crippen LogP contribution in [0.2, 0.25) is 0 Å². The Morgan fingerprint density at radius 2 is 1.74 bits per heavy atom. The van der Waals surface area contributed by atoms with Crippen molar-refractivity contribution in [3.8, 4) is 11.5 Å². The molecule has 0 spiro atoms. The Morgan fingerprint density at radius 3 is 2.52 bits per heavy atom. The predicted molar refractivity (Wildman–Crippen MR) is 123 cm³/mol. The second-order valence-corrected chi connectivity index (χ2v) is 7.15. The highest BCUT2D eigenvalue weighted by atomic mass is 79.9. The summed E-state index contributed by atoms with van der Waals surface area (Å²) in [5, 5.41) is 4.00. The lowest BCUT2D eigenvalue weighted by Gasteiger charge is -2.10. The minimum Gasteiger partial charge on any atom is -0.489 e. The third-order valence-corrected chi connectivity index (χ3v) is 4.54. The van der Waals surface area contributed by atoms with Crippen LogP contribution >= 0.6 is 15.9 Å². The van der Waals surface area contributed by atoms with Gasteiger partial charge in [0, 0.05) is 10.0 Å². The van der Waals surface area contributed by atoms with Crippen LogP contribution < -0.4 is 14.9 Å². The number of hydrogen-bond acceptors (Lipinski definition) is 5. The number of hydrogen-bond donors (Lipinski definition) is 1. The van der Waals surface area contributed by atoms with E-state index in [4.69, 9.17) is 9.47 Å². The third-order valence-electron chi connectivity index (χ3n) is 4.04. The molecule has 0 saturated carbocycles. The summed E-state index contributed by atoms with van der Waals surface area (Å²) in [5.74, 6) is -0.196. The van der Waals surface area contributed by atoms with E-state index in [1.807, 2.05) is 6.07 Å². The maximum Gasteiger partial charge on any atom is 0.343 e. The van der Waals surface area contributed by atoms with E-state index in [1.165, 1.54) is 6.21 Å². The van der Waals surface area contributed by atoms with Gasteiger partial charge in [0.15, 0.2) is 0 Å². The molecule has 31 heavy (non-hydrogen) atoms. The first-order chi connectivity index (χ1) is 15.1. The van der Waals surface area contributed by atoms with Gasteiger partial charge >= 0.3 is 5.97 Å². The van der Waals surface area contributed by atoms with Crippen LogP contribution in [0.15, 0.2) is 95.0 Å². The van der Waals surface area contributed by atoms with Crippen LogP contribution in [0.5, 0.6) is 11.5 Å². The molecule has 0 aliphatic carbocycles. The first kappa shape index (κ1) is 22.0. The van der Waals surface area contributed by atoms with Crippen LogP contribution in [-0.4, -0.2) is 24.7 Å². The van der Waals surface area contributed by atoms with Gasteiger partial charge < -0.3 is 9.47 Å². The van der Waals surface area contributed by atoms with E-state index in [9.17, 15) is 9.59 Å². The van der Waals surface area contributed by atoms with Gasteiger partial charge in [-0.2, -0.15) is 5.10 Å². The van der Waals surface area contributed by atoms with Crippen LogP contribution in [0.25, 0.3) is 0 Å². The fourth-order valence-electron chi connectivity index (χ4n) is 2.59. The average Bonchev–Trinajstić information content (AvgIpc) is 2.79. The van der Waals surface area contributed by atoms with E-state index in [2.05, 4.69) is 33.0 Å². The summed E-state index contributed by atoms with van der Waals surface area (Å²) in [6, 6.07) is 20.7. The average molecular weight is 479 g/mol. The van der Waals surface area contributed by atoms with E-state index in [-0.39, 0.29) is 6.61 Å². The number of amides is 1. The second kappa shape index (κ2) is 10.9. The van der Waals surface area contributed by atoms with Gasteiger partial charge in [0.05, 0.1) is 17.3 Å². The van der Waals surface area contributed by atoms with Crippen molar-refractivity contribution in [2.45, 2.75) is 0 Å². The molecule has 0 atom stereocenters. The fourth-order valence-corrected chi connectivity index (χ4v) is 2.95. The highest BCUT2D eigenvalue weighted by Gasteiger charge is 2.13. The zero-order chi connectivity index (χ0) is 22.1. The number of halogens is 1. The molecule has 0 aliphatic rings. The third kappa shape index (κ3) is 6.13. The molecule has 3 aromatic carbocycles. The molecule has 3 aromatic rings. The maximum atomic E-state index is 12.6. The number of nitrogens with zero attached hydrogens (tertiary/aromatic N) is 1. The standard InChI is InChI=1S/C24H19BrN2O4/c1-2-14-30-22-13-12-19(25)15-20(22)23(28)27-26-16-18-10-6-7-11-21(18)31-24(29)17-8-4-3-5-9-17/h2-13,15-16H,1,14H2,(H,27,28). The molecule has 6 nitrogen and oxygen atoms in total. The van der Waals surface area contributed by atoms with Crippen LogP contribution in [0.4, 0.5) is 0 Å². The van der Waals surface area contributed by atoms with Gasteiger partial charge in [0.2, 0.25) is 0 Å². The van der Waals surface area contributed by atoms with E-state index in [1.54, 1.807) is 72.8 Å². The number of rotatable bonds is 8. The number of ether oxygens (including phenoxy) is 2. The van der Waals surface area contributed by atoms with Crippen molar-refractivity contribution in [3.63, 3.8) is 0 Å². The molecule has 7 heteroatoms. The molecule has 0 radical (unpaired) electrons. The van der Waals surface area contributed by atoms with Crippen molar-refractivity contribution >= 4 is 34.0 Å².